The number of nitrogens with zero attached hydrogens (tertiary/aromatic N) is 4. The summed E-state index contributed by atoms with van der Waals surface area (Å²) in [7, 11) is 0. The summed E-state index contributed by atoms with van der Waals surface area (Å²) in [5, 5.41) is 0. The summed E-state index contributed by atoms with van der Waals surface area (Å²) in [4.78, 5) is 32.5. The number of piperazine rings is 1. The predicted octanol–water partition coefficient (Wildman–Crippen LogP) is 2.32. The van der Waals surface area contributed by atoms with E-state index in [0.29, 0.717) is 25.4 Å². The molecule has 138 valence electrons. The molecule has 2 amide bonds. The van der Waals surface area contributed by atoms with E-state index in [2.05, 4.69) is 4.98 Å². The van der Waals surface area contributed by atoms with Crippen molar-refractivity contribution < 1.29 is 14.0 Å². The van der Waals surface area contributed by atoms with Gasteiger partial charge in [0.25, 0.3) is 5.91 Å². The van der Waals surface area contributed by atoms with Crippen molar-refractivity contribution in [3.8, 4) is 0 Å². The van der Waals surface area contributed by atoms with Crippen molar-refractivity contribution in [2.45, 2.75) is 13.5 Å². The number of rotatable bonds is 4. The maximum atomic E-state index is 12.7. The Labute approximate surface area is 156 Å². The molecule has 1 aliphatic rings. The number of hydrogen-bond donors (Lipinski definition) is 0. The zero-order chi connectivity index (χ0) is 18.8. The lowest BCUT2D eigenvalue weighted by Crippen LogP contribution is -2.52. The van der Waals surface area contributed by atoms with Crippen LogP contribution < -0.4 is 4.90 Å². The number of aryl methyl sites for hydroxylation is 1. The zero-order valence-corrected chi connectivity index (χ0v) is 15.0. The number of carbonyl (C=O) groups is 2. The van der Waals surface area contributed by atoms with Gasteiger partial charge in [-0.3, -0.25) is 9.59 Å². The van der Waals surface area contributed by atoms with Crippen LogP contribution in [0.5, 0.6) is 0 Å². The largest absolute Gasteiger partial charge is 0.454 e. The second-order valence-electron chi connectivity index (χ2n) is 6.61. The third kappa shape index (κ3) is 3.62. The van der Waals surface area contributed by atoms with Crippen LogP contribution in [0.1, 0.15) is 21.9 Å². The number of amides is 2. The number of carbonyl (C=O) groups excluding carboxylic acids is 2. The van der Waals surface area contributed by atoms with Crippen LogP contribution in [-0.2, 0) is 11.3 Å². The third-order valence-corrected chi connectivity index (χ3v) is 4.62. The normalized spacial score (nSPS) is 14.6. The average Bonchev–Trinajstić information content (AvgIpc) is 3.34. The maximum Gasteiger partial charge on any atom is 0.290 e. The number of aromatic nitrogens is 2. The summed E-state index contributed by atoms with van der Waals surface area (Å²) >= 11 is 0. The SMILES string of the molecule is Cc1ccc(N2CCN(C(=O)c3ccc(Cn4ccnc4)o3)CC2=O)cc1. The predicted molar refractivity (Wildman–Crippen MR) is 99.5 cm³/mol. The maximum absolute atomic E-state index is 12.7. The number of furan rings is 1. The Kier molecular flexibility index (Phi) is 4.50. The van der Waals surface area contributed by atoms with Crippen molar-refractivity contribution in [2.75, 3.05) is 24.5 Å². The molecular weight excluding hydrogens is 344 g/mol. The van der Waals surface area contributed by atoms with Crippen LogP contribution in [0.25, 0.3) is 0 Å². The molecule has 0 atom stereocenters. The van der Waals surface area contributed by atoms with E-state index in [1.165, 1.54) is 4.90 Å². The molecule has 0 bridgehead atoms. The minimum Gasteiger partial charge on any atom is -0.454 e. The Balaban J connectivity index is 1.41. The molecule has 0 N–H and O–H groups in total. The molecule has 1 fully saturated rings. The van der Waals surface area contributed by atoms with Gasteiger partial charge >= 0.3 is 0 Å². The van der Waals surface area contributed by atoms with Gasteiger partial charge in [-0.1, -0.05) is 17.7 Å². The Morgan fingerprint density at radius 3 is 2.67 bits per heavy atom. The van der Waals surface area contributed by atoms with Crippen molar-refractivity contribution in [3.05, 3.63) is 72.2 Å². The molecule has 7 nitrogen and oxygen atoms in total. The molecular formula is C20H20N4O3. The van der Waals surface area contributed by atoms with Crippen molar-refractivity contribution >= 4 is 17.5 Å². The van der Waals surface area contributed by atoms with Crippen LogP contribution >= 0.6 is 0 Å². The summed E-state index contributed by atoms with van der Waals surface area (Å²) in [5.41, 5.74) is 2.00. The molecule has 3 heterocycles. The van der Waals surface area contributed by atoms with E-state index >= 15 is 0 Å². The van der Waals surface area contributed by atoms with Crippen LogP contribution in [-0.4, -0.2) is 45.9 Å². The first-order valence-electron chi connectivity index (χ1n) is 8.81. The Morgan fingerprint density at radius 2 is 1.96 bits per heavy atom. The molecule has 1 aromatic carbocycles. The van der Waals surface area contributed by atoms with Gasteiger partial charge in [0, 0.05) is 31.2 Å². The van der Waals surface area contributed by atoms with Crippen LogP contribution in [0.2, 0.25) is 0 Å². The first-order chi connectivity index (χ1) is 13.1. The van der Waals surface area contributed by atoms with Gasteiger partial charge in [-0.15, -0.1) is 0 Å². The minimum absolute atomic E-state index is 0.0459. The number of imidazole rings is 1. The molecule has 4 rings (SSSR count). The summed E-state index contributed by atoms with van der Waals surface area (Å²) in [6, 6.07) is 11.2. The van der Waals surface area contributed by atoms with E-state index in [0.717, 1.165) is 11.3 Å². The molecule has 3 aromatic rings. The van der Waals surface area contributed by atoms with Crippen LogP contribution in [0.15, 0.2) is 59.5 Å². The molecule has 0 spiro atoms. The Morgan fingerprint density at radius 1 is 1.15 bits per heavy atom. The quantitative estimate of drug-likeness (QED) is 0.712. The fourth-order valence-electron chi connectivity index (χ4n) is 3.14. The first-order valence-corrected chi connectivity index (χ1v) is 8.81. The Bertz CT molecular complexity index is 944. The molecule has 1 saturated heterocycles. The van der Waals surface area contributed by atoms with E-state index < -0.39 is 0 Å². The van der Waals surface area contributed by atoms with Gasteiger partial charge < -0.3 is 18.8 Å². The lowest BCUT2D eigenvalue weighted by molar-refractivity contribution is -0.120. The number of anilines is 1. The van der Waals surface area contributed by atoms with E-state index in [9.17, 15) is 9.59 Å². The van der Waals surface area contributed by atoms with Gasteiger partial charge in [0.1, 0.15) is 12.3 Å². The molecule has 0 unspecified atom stereocenters. The molecule has 7 heteroatoms. The highest BCUT2D eigenvalue weighted by Crippen LogP contribution is 2.20. The minimum atomic E-state index is -0.260. The molecule has 0 saturated carbocycles. The average molecular weight is 364 g/mol. The number of hydrogen-bond acceptors (Lipinski definition) is 4. The lowest BCUT2D eigenvalue weighted by Gasteiger charge is -2.34. The second kappa shape index (κ2) is 7.11. The molecule has 0 radical (unpaired) electrons. The molecule has 1 aliphatic heterocycles. The van der Waals surface area contributed by atoms with Gasteiger partial charge in [0.2, 0.25) is 5.91 Å². The van der Waals surface area contributed by atoms with Crippen molar-refractivity contribution in [1.29, 1.82) is 0 Å². The Hall–Kier alpha value is -3.35. The standard InChI is InChI=1S/C20H20N4O3/c1-15-2-4-16(5-3-15)24-11-10-23(13-19(24)25)20(26)18-7-6-17(27-18)12-22-9-8-21-14-22/h2-9,14H,10-13H2,1H3. The highest BCUT2D eigenvalue weighted by Gasteiger charge is 2.29. The molecule has 27 heavy (non-hydrogen) atoms. The summed E-state index contributed by atoms with van der Waals surface area (Å²) in [6.45, 7) is 3.50. The summed E-state index contributed by atoms with van der Waals surface area (Å²) in [6.07, 6.45) is 5.20. The van der Waals surface area contributed by atoms with Gasteiger partial charge in [0.05, 0.1) is 12.9 Å². The summed E-state index contributed by atoms with van der Waals surface area (Å²) in [5.74, 6) is 0.565. The van der Waals surface area contributed by atoms with E-state index in [1.807, 2.05) is 42.0 Å². The topological polar surface area (TPSA) is 71.6 Å². The fraction of sp³-hybridized carbons (Fsp3) is 0.250. The van der Waals surface area contributed by atoms with Crippen molar-refractivity contribution in [3.63, 3.8) is 0 Å². The molecule has 0 aliphatic carbocycles. The van der Waals surface area contributed by atoms with E-state index in [1.54, 1.807) is 29.6 Å². The van der Waals surface area contributed by atoms with Crippen LogP contribution in [0.3, 0.4) is 0 Å². The smallest absolute Gasteiger partial charge is 0.290 e. The van der Waals surface area contributed by atoms with Gasteiger partial charge in [-0.2, -0.15) is 0 Å². The van der Waals surface area contributed by atoms with Crippen molar-refractivity contribution in [2.24, 2.45) is 0 Å². The monoisotopic (exact) mass is 364 g/mol. The zero-order valence-electron chi connectivity index (χ0n) is 15.0. The lowest BCUT2D eigenvalue weighted by atomic mass is 10.2. The molecule has 2 aromatic heterocycles. The van der Waals surface area contributed by atoms with Gasteiger partial charge in [-0.05, 0) is 31.2 Å². The van der Waals surface area contributed by atoms with Crippen LogP contribution in [0.4, 0.5) is 5.69 Å². The third-order valence-electron chi connectivity index (χ3n) is 4.62. The van der Waals surface area contributed by atoms with Gasteiger partial charge in [-0.25, -0.2) is 4.98 Å². The van der Waals surface area contributed by atoms with Crippen molar-refractivity contribution in [1.82, 2.24) is 14.5 Å². The van der Waals surface area contributed by atoms with Gasteiger partial charge in [0.15, 0.2) is 5.76 Å². The highest BCUT2D eigenvalue weighted by molar-refractivity contribution is 6.00. The van der Waals surface area contributed by atoms with E-state index in [-0.39, 0.29) is 24.1 Å². The number of benzene rings is 1. The first kappa shape index (κ1) is 17.1. The fourth-order valence-corrected chi connectivity index (χ4v) is 3.14. The highest BCUT2D eigenvalue weighted by atomic mass is 16.4. The second-order valence-corrected chi connectivity index (χ2v) is 6.61. The summed E-state index contributed by atoms with van der Waals surface area (Å²) < 4.78 is 7.53. The van der Waals surface area contributed by atoms with E-state index in [4.69, 9.17) is 4.42 Å². The van der Waals surface area contributed by atoms with Crippen LogP contribution in [0, 0.1) is 6.92 Å².